The minimum Gasteiger partial charge on any atom is -0.207 e. The Kier molecular flexibility index (Phi) is 4.30. The molecular weight excluding hydrogens is 266 g/mol. The first-order valence-corrected chi connectivity index (χ1v) is 7.79. The summed E-state index contributed by atoms with van der Waals surface area (Å²) in [6.45, 7) is 0.287. The lowest BCUT2D eigenvalue weighted by Gasteiger charge is -2.00. The molecule has 0 unspecified atom stereocenters. The molecule has 0 aliphatic heterocycles. The van der Waals surface area contributed by atoms with Crippen molar-refractivity contribution in [2.45, 2.75) is 4.21 Å². The van der Waals surface area contributed by atoms with E-state index in [9.17, 15) is 8.42 Å². The molecule has 18 heavy (non-hydrogen) atoms. The van der Waals surface area contributed by atoms with Crippen LogP contribution < -0.4 is 4.72 Å². The lowest BCUT2D eigenvalue weighted by molar-refractivity contribution is 0.588. The molecule has 0 atom stereocenters. The molecule has 0 radical (unpaired) electrons. The molecule has 0 saturated carbocycles. The van der Waals surface area contributed by atoms with Gasteiger partial charge in [0.2, 0.25) is 10.0 Å². The van der Waals surface area contributed by atoms with Crippen LogP contribution in [0.3, 0.4) is 0 Å². The molecule has 0 fully saturated rings. The summed E-state index contributed by atoms with van der Waals surface area (Å²) in [4.78, 5) is 0. The number of hydrogen-bond donors (Lipinski definition) is 1. The van der Waals surface area contributed by atoms with Gasteiger partial charge in [-0.25, -0.2) is 13.1 Å². The fourth-order valence-electron chi connectivity index (χ4n) is 1.40. The Morgan fingerprint density at radius 3 is 2.56 bits per heavy atom. The predicted octanol–water partition coefficient (Wildman–Crippen LogP) is 2.74. The molecule has 0 saturated heterocycles. The van der Waals surface area contributed by atoms with E-state index in [0.29, 0.717) is 4.21 Å². The molecule has 2 rings (SSSR count). The van der Waals surface area contributed by atoms with E-state index in [1.165, 1.54) is 11.3 Å². The molecule has 0 aliphatic rings. The van der Waals surface area contributed by atoms with Crippen LogP contribution in [0.4, 0.5) is 0 Å². The van der Waals surface area contributed by atoms with E-state index in [2.05, 4.69) is 4.72 Å². The Labute approximate surface area is 111 Å². The number of benzene rings is 1. The van der Waals surface area contributed by atoms with Crippen molar-refractivity contribution in [2.75, 3.05) is 6.54 Å². The van der Waals surface area contributed by atoms with Crippen LogP contribution in [-0.2, 0) is 10.0 Å². The number of rotatable bonds is 5. The fourth-order valence-corrected chi connectivity index (χ4v) is 3.42. The van der Waals surface area contributed by atoms with Gasteiger partial charge in [0, 0.05) is 6.54 Å². The summed E-state index contributed by atoms with van der Waals surface area (Å²) in [5, 5.41) is 1.74. The Balaban J connectivity index is 1.92. The van der Waals surface area contributed by atoms with E-state index in [1.807, 2.05) is 36.4 Å². The van der Waals surface area contributed by atoms with Crippen LogP contribution in [0.25, 0.3) is 6.08 Å². The van der Waals surface area contributed by atoms with Gasteiger partial charge in [-0.05, 0) is 17.0 Å². The van der Waals surface area contributed by atoms with Gasteiger partial charge in [-0.3, -0.25) is 0 Å². The highest BCUT2D eigenvalue weighted by Crippen LogP contribution is 2.14. The first-order valence-electron chi connectivity index (χ1n) is 5.43. The lowest BCUT2D eigenvalue weighted by Crippen LogP contribution is -2.22. The second-order valence-corrected chi connectivity index (χ2v) is 6.54. The standard InChI is InChI=1S/C13H13NO2S2/c15-18(16,13-9-5-11-17-13)14-10-4-8-12-6-2-1-3-7-12/h1-9,11,14H,10H2. The molecule has 1 aromatic heterocycles. The van der Waals surface area contributed by atoms with Crippen molar-refractivity contribution >= 4 is 27.4 Å². The van der Waals surface area contributed by atoms with Crippen LogP contribution in [0.5, 0.6) is 0 Å². The molecule has 1 N–H and O–H groups in total. The summed E-state index contributed by atoms with van der Waals surface area (Å²) in [5.74, 6) is 0. The molecule has 3 nitrogen and oxygen atoms in total. The van der Waals surface area contributed by atoms with Gasteiger partial charge >= 0.3 is 0 Å². The van der Waals surface area contributed by atoms with Gasteiger partial charge in [0.05, 0.1) is 0 Å². The van der Waals surface area contributed by atoms with E-state index in [4.69, 9.17) is 0 Å². The Hall–Kier alpha value is -1.43. The van der Waals surface area contributed by atoms with Crippen molar-refractivity contribution < 1.29 is 8.42 Å². The first kappa shape index (κ1) is 13.0. The van der Waals surface area contributed by atoms with Gasteiger partial charge in [0.25, 0.3) is 0 Å². The molecule has 2 aromatic rings. The molecule has 0 amide bonds. The molecule has 0 bridgehead atoms. The second kappa shape index (κ2) is 5.95. The minimum atomic E-state index is -3.35. The van der Waals surface area contributed by atoms with Crippen molar-refractivity contribution in [2.24, 2.45) is 0 Å². The van der Waals surface area contributed by atoms with Gasteiger partial charge in [-0.15, -0.1) is 11.3 Å². The van der Waals surface area contributed by atoms with Gasteiger partial charge in [0.1, 0.15) is 4.21 Å². The summed E-state index contributed by atoms with van der Waals surface area (Å²) < 4.78 is 26.4. The third kappa shape index (κ3) is 3.53. The third-order valence-corrected chi connectivity index (χ3v) is 5.08. The highest BCUT2D eigenvalue weighted by molar-refractivity contribution is 7.91. The van der Waals surface area contributed by atoms with Crippen LogP contribution >= 0.6 is 11.3 Å². The molecule has 0 spiro atoms. The molecule has 5 heteroatoms. The van der Waals surface area contributed by atoms with Gasteiger partial charge in [-0.1, -0.05) is 48.6 Å². The number of thiophene rings is 1. The highest BCUT2D eigenvalue weighted by Gasteiger charge is 2.12. The topological polar surface area (TPSA) is 46.2 Å². The Morgan fingerprint density at radius 1 is 1.11 bits per heavy atom. The largest absolute Gasteiger partial charge is 0.250 e. The summed E-state index contributed by atoms with van der Waals surface area (Å²) in [6, 6.07) is 13.1. The Morgan fingerprint density at radius 2 is 1.89 bits per heavy atom. The van der Waals surface area contributed by atoms with E-state index >= 15 is 0 Å². The number of hydrogen-bond acceptors (Lipinski definition) is 3. The van der Waals surface area contributed by atoms with Crippen molar-refractivity contribution in [3.8, 4) is 0 Å². The van der Waals surface area contributed by atoms with Crippen molar-refractivity contribution in [1.29, 1.82) is 0 Å². The van der Waals surface area contributed by atoms with Gasteiger partial charge in [0.15, 0.2) is 0 Å². The van der Waals surface area contributed by atoms with E-state index in [-0.39, 0.29) is 6.54 Å². The zero-order valence-electron chi connectivity index (χ0n) is 9.61. The lowest BCUT2D eigenvalue weighted by atomic mass is 10.2. The zero-order chi connectivity index (χ0) is 12.8. The second-order valence-electron chi connectivity index (χ2n) is 3.60. The van der Waals surface area contributed by atoms with Crippen LogP contribution in [0.2, 0.25) is 0 Å². The van der Waals surface area contributed by atoms with Crippen LogP contribution in [-0.4, -0.2) is 15.0 Å². The molecule has 94 valence electrons. The van der Waals surface area contributed by atoms with Crippen molar-refractivity contribution in [3.63, 3.8) is 0 Å². The maximum absolute atomic E-state index is 11.8. The quantitative estimate of drug-likeness (QED) is 0.914. The Bertz CT molecular complexity index is 602. The minimum absolute atomic E-state index is 0.287. The molecular formula is C13H13NO2S2. The molecule has 1 aromatic carbocycles. The maximum atomic E-state index is 11.8. The smallest absolute Gasteiger partial charge is 0.207 e. The zero-order valence-corrected chi connectivity index (χ0v) is 11.2. The summed E-state index contributed by atoms with van der Waals surface area (Å²) in [7, 11) is -3.35. The summed E-state index contributed by atoms with van der Waals surface area (Å²) in [6.07, 6.45) is 3.68. The van der Waals surface area contributed by atoms with Crippen LogP contribution in [0.1, 0.15) is 5.56 Å². The summed E-state index contributed by atoms with van der Waals surface area (Å²) in [5.41, 5.74) is 1.05. The summed E-state index contributed by atoms with van der Waals surface area (Å²) >= 11 is 1.21. The average molecular weight is 279 g/mol. The molecule has 0 aliphatic carbocycles. The van der Waals surface area contributed by atoms with E-state index < -0.39 is 10.0 Å². The van der Waals surface area contributed by atoms with E-state index in [1.54, 1.807) is 23.6 Å². The number of sulfonamides is 1. The number of nitrogens with one attached hydrogen (secondary N) is 1. The predicted molar refractivity (Wildman–Crippen MR) is 75.0 cm³/mol. The SMILES string of the molecule is O=S(=O)(NCC=Cc1ccccc1)c1cccs1. The van der Waals surface area contributed by atoms with Gasteiger partial charge in [-0.2, -0.15) is 0 Å². The van der Waals surface area contributed by atoms with Crippen LogP contribution in [0.15, 0.2) is 58.1 Å². The van der Waals surface area contributed by atoms with Crippen LogP contribution in [0, 0.1) is 0 Å². The van der Waals surface area contributed by atoms with Crippen molar-refractivity contribution in [1.82, 2.24) is 4.72 Å². The fraction of sp³-hybridized carbons (Fsp3) is 0.0769. The average Bonchev–Trinajstić information content (AvgIpc) is 2.91. The first-order chi connectivity index (χ1) is 8.68. The van der Waals surface area contributed by atoms with E-state index in [0.717, 1.165) is 5.56 Å². The third-order valence-electron chi connectivity index (χ3n) is 2.26. The van der Waals surface area contributed by atoms with Gasteiger partial charge < -0.3 is 0 Å². The van der Waals surface area contributed by atoms with Crippen molar-refractivity contribution in [3.05, 3.63) is 59.5 Å². The highest BCUT2D eigenvalue weighted by atomic mass is 32.2. The normalized spacial score (nSPS) is 12.0. The monoisotopic (exact) mass is 279 g/mol. The molecule has 1 heterocycles. The maximum Gasteiger partial charge on any atom is 0.250 e.